The summed E-state index contributed by atoms with van der Waals surface area (Å²) in [6.45, 7) is -0.853. The van der Waals surface area contributed by atoms with Gasteiger partial charge in [-0.1, -0.05) is 66.6 Å². The van der Waals surface area contributed by atoms with Crippen LogP contribution in [0.5, 0.6) is 5.75 Å². The van der Waals surface area contributed by atoms with Gasteiger partial charge in [-0.05, 0) is 24.3 Å². The normalized spacial score (nSPS) is 17.1. The first-order valence-corrected chi connectivity index (χ1v) is 11.8. The molecule has 2 atom stereocenters. The van der Waals surface area contributed by atoms with Gasteiger partial charge < -0.3 is 15.5 Å². The van der Waals surface area contributed by atoms with E-state index < -0.39 is 6.61 Å². The first kappa shape index (κ1) is 23.1. The molecule has 1 heterocycles. The van der Waals surface area contributed by atoms with Crippen molar-refractivity contribution >= 4 is 46.0 Å². The van der Waals surface area contributed by atoms with Gasteiger partial charge in [-0.2, -0.15) is 8.78 Å². The number of halogens is 4. The van der Waals surface area contributed by atoms with Crippen LogP contribution < -0.4 is 10.5 Å². The second-order valence-electron chi connectivity index (χ2n) is 7.26. The molecule has 0 aliphatic heterocycles. The van der Waals surface area contributed by atoms with Crippen LogP contribution in [0.15, 0.2) is 53.5 Å². The maximum absolute atomic E-state index is 12.9. The molecule has 1 aromatic heterocycles. The van der Waals surface area contributed by atoms with Gasteiger partial charge in [0.05, 0.1) is 21.6 Å². The van der Waals surface area contributed by atoms with Crippen molar-refractivity contribution in [3.05, 3.63) is 69.3 Å². The number of nitrogens with zero attached hydrogens (tertiary/aromatic N) is 1. The van der Waals surface area contributed by atoms with Crippen LogP contribution in [0.25, 0.3) is 22.2 Å². The minimum absolute atomic E-state index is 0.0157. The van der Waals surface area contributed by atoms with Gasteiger partial charge in [-0.25, -0.2) is 4.98 Å². The highest BCUT2D eigenvalue weighted by molar-refractivity contribution is 8.03. The molecule has 0 saturated carbocycles. The molecule has 3 aromatic rings. The molecule has 3 N–H and O–H groups in total. The van der Waals surface area contributed by atoms with Crippen molar-refractivity contribution in [2.24, 2.45) is 11.7 Å². The second-order valence-corrected chi connectivity index (χ2v) is 9.39. The lowest BCUT2D eigenvalue weighted by Gasteiger charge is -2.21. The van der Waals surface area contributed by atoms with E-state index in [0.717, 1.165) is 12.2 Å². The van der Waals surface area contributed by atoms with E-state index >= 15 is 0 Å². The molecule has 32 heavy (non-hydrogen) atoms. The Hall–Kier alpha value is -2.06. The molecule has 168 valence electrons. The van der Waals surface area contributed by atoms with Crippen LogP contribution in [0, 0.1) is 5.92 Å². The fourth-order valence-electron chi connectivity index (χ4n) is 3.74. The van der Waals surface area contributed by atoms with Crippen molar-refractivity contribution < 1.29 is 13.5 Å². The lowest BCUT2D eigenvalue weighted by Crippen LogP contribution is -2.22. The van der Waals surface area contributed by atoms with E-state index in [-0.39, 0.29) is 22.7 Å². The maximum Gasteiger partial charge on any atom is 0.387 e. The highest BCUT2D eigenvalue weighted by atomic mass is 35.5. The molecule has 1 aliphatic rings. The standard InChI is InChI=1S/C23H21Cl2F2N3OS/c1-2-32-13-9-7-12(8-10-13)20(28)22-29-16-11-15(24)18(19(25)21(16)30-22)14-5-3-4-6-17(14)31-23(26)27/h3-7,9-12,20,23H,2,8,28H2,1H3,(H,29,30). The highest BCUT2D eigenvalue weighted by Crippen LogP contribution is 2.44. The zero-order valence-corrected chi connectivity index (χ0v) is 19.4. The Bertz CT molecular complexity index is 1200. The number of hydrogen-bond donors (Lipinski definition) is 2. The summed E-state index contributed by atoms with van der Waals surface area (Å²) in [5.74, 6) is 1.68. The largest absolute Gasteiger partial charge is 0.434 e. The number of ether oxygens (including phenoxy) is 1. The van der Waals surface area contributed by atoms with Gasteiger partial charge in [-0.3, -0.25) is 0 Å². The molecule has 0 amide bonds. The number of aromatic nitrogens is 2. The molecule has 0 spiro atoms. The Balaban J connectivity index is 1.70. The number of nitrogens with one attached hydrogen (secondary N) is 1. The first-order chi connectivity index (χ1) is 15.4. The molecule has 0 saturated heterocycles. The Labute approximate surface area is 198 Å². The molecule has 0 radical (unpaired) electrons. The number of H-pyrrole nitrogens is 1. The van der Waals surface area contributed by atoms with Crippen LogP contribution in [-0.4, -0.2) is 22.3 Å². The van der Waals surface area contributed by atoms with Crippen LogP contribution >= 0.6 is 35.0 Å². The van der Waals surface area contributed by atoms with Gasteiger partial charge in [0.1, 0.15) is 17.1 Å². The molecular formula is C23H21Cl2F2N3OS. The van der Waals surface area contributed by atoms with Crippen molar-refractivity contribution in [1.82, 2.24) is 9.97 Å². The Morgan fingerprint density at radius 3 is 2.78 bits per heavy atom. The molecule has 4 nitrogen and oxygen atoms in total. The summed E-state index contributed by atoms with van der Waals surface area (Å²) in [6, 6.07) is 7.68. The van der Waals surface area contributed by atoms with Crippen LogP contribution in [0.1, 0.15) is 25.2 Å². The number of allylic oxidation sites excluding steroid dienone is 2. The lowest BCUT2D eigenvalue weighted by atomic mass is 9.93. The van der Waals surface area contributed by atoms with E-state index in [1.807, 2.05) is 0 Å². The number of rotatable bonds is 7. The van der Waals surface area contributed by atoms with Crippen molar-refractivity contribution in [2.75, 3.05) is 5.75 Å². The van der Waals surface area contributed by atoms with Gasteiger partial charge in [0.2, 0.25) is 0 Å². The topological polar surface area (TPSA) is 63.9 Å². The zero-order chi connectivity index (χ0) is 22.8. The SMILES string of the molecule is CCSC1=CCC(C(N)c2nc3c(Cl)c(-c4ccccc4OC(F)F)c(Cl)cc3[nH]2)C=C1. The van der Waals surface area contributed by atoms with E-state index in [2.05, 4.69) is 39.9 Å². The van der Waals surface area contributed by atoms with E-state index in [0.29, 0.717) is 33.0 Å². The summed E-state index contributed by atoms with van der Waals surface area (Å²) in [6.07, 6.45) is 7.19. The van der Waals surface area contributed by atoms with Crippen molar-refractivity contribution in [3.63, 3.8) is 0 Å². The fourth-order valence-corrected chi connectivity index (χ4v) is 5.16. The smallest absolute Gasteiger partial charge is 0.387 e. The molecule has 0 bridgehead atoms. The van der Waals surface area contributed by atoms with E-state index in [1.165, 1.54) is 11.0 Å². The van der Waals surface area contributed by atoms with Gasteiger partial charge in [0.25, 0.3) is 0 Å². The summed E-state index contributed by atoms with van der Waals surface area (Å²) in [5, 5.41) is 0.534. The van der Waals surface area contributed by atoms with E-state index in [4.69, 9.17) is 28.9 Å². The number of benzene rings is 2. The number of aromatic amines is 1. The third-order valence-electron chi connectivity index (χ3n) is 5.25. The van der Waals surface area contributed by atoms with Crippen molar-refractivity contribution in [1.29, 1.82) is 0 Å². The number of hydrogen-bond acceptors (Lipinski definition) is 4. The molecule has 0 fully saturated rings. The molecule has 2 unspecified atom stereocenters. The Kier molecular flexibility index (Phi) is 7.10. The number of para-hydroxylation sites is 1. The average molecular weight is 496 g/mol. The van der Waals surface area contributed by atoms with E-state index in [9.17, 15) is 8.78 Å². The maximum atomic E-state index is 12.9. The minimum Gasteiger partial charge on any atom is -0.434 e. The number of thioether (sulfide) groups is 1. The molecule has 1 aliphatic carbocycles. The minimum atomic E-state index is -2.97. The highest BCUT2D eigenvalue weighted by Gasteiger charge is 2.24. The lowest BCUT2D eigenvalue weighted by molar-refractivity contribution is -0.0494. The van der Waals surface area contributed by atoms with Crippen LogP contribution in [-0.2, 0) is 0 Å². The number of fused-ring (bicyclic) bond motifs is 1. The van der Waals surface area contributed by atoms with Crippen LogP contribution in [0.4, 0.5) is 8.78 Å². The van der Waals surface area contributed by atoms with Gasteiger partial charge in [-0.15, -0.1) is 11.8 Å². The van der Waals surface area contributed by atoms with E-state index in [1.54, 1.807) is 36.0 Å². The summed E-state index contributed by atoms with van der Waals surface area (Å²) >= 11 is 15.0. The third-order valence-corrected chi connectivity index (χ3v) is 6.84. The summed E-state index contributed by atoms with van der Waals surface area (Å²) in [7, 11) is 0. The predicted octanol–water partition coefficient (Wildman–Crippen LogP) is 7.35. The zero-order valence-electron chi connectivity index (χ0n) is 17.1. The fraction of sp³-hybridized carbons (Fsp3) is 0.261. The molecule has 9 heteroatoms. The number of imidazole rings is 1. The van der Waals surface area contributed by atoms with Gasteiger partial charge in [0, 0.05) is 21.9 Å². The van der Waals surface area contributed by atoms with Crippen LogP contribution in [0.3, 0.4) is 0 Å². The van der Waals surface area contributed by atoms with Gasteiger partial charge in [0.15, 0.2) is 0 Å². The van der Waals surface area contributed by atoms with Gasteiger partial charge >= 0.3 is 6.61 Å². The Morgan fingerprint density at radius 2 is 2.09 bits per heavy atom. The molecule has 4 rings (SSSR count). The predicted molar refractivity (Wildman–Crippen MR) is 129 cm³/mol. The quantitative estimate of drug-likeness (QED) is 0.359. The van der Waals surface area contributed by atoms with Crippen molar-refractivity contribution in [2.45, 2.75) is 26.0 Å². The number of nitrogens with two attached hydrogens (primary N) is 1. The summed E-state index contributed by atoms with van der Waals surface area (Å²) < 4.78 is 30.4. The first-order valence-electron chi connectivity index (χ1n) is 10.1. The summed E-state index contributed by atoms with van der Waals surface area (Å²) in [5.41, 5.74) is 8.35. The monoisotopic (exact) mass is 495 g/mol. The molecule has 2 aromatic carbocycles. The van der Waals surface area contributed by atoms with Crippen LogP contribution in [0.2, 0.25) is 10.0 Å². The van der Waals surface area contributed by atoms with Crippen molar-refractivity contribution in [3.8, 4) is 16.9 Å². The second kappa shape index (κ2) is 9.83. The molecular weight excluding hydrogens is 475 g/mol. The Morgan fingerprint density at radius 1 is 1.31 bits per heavy atom. The third kappa shape index (κ3) is 4.66. The summed E-state index contributed by atoms with van der Waals surface area (Å²) in [4.78, 5) is 9.10. The number of alkyl halides is 2. The average Bonchev–Trinajstić information content (AvgIpc) is 3.19.